The van der Waals surface area contributed by atoms with E-state index in [1.165, 1.54) is 18.4 Å². The molecule has 28 heavy (non-hydrogen) atoms. The Bertz CT molecular complexity index is 763. The number of piperidine rings is 2. The first kappa shape index (κ1) is 19.1. The molecule has 0 aliphatic carbocycles. The number of H-pyrrole nitrogens is 1. The van der Waals surface area contributed by atoms with Crippen molar-refractivity contribution in [2.75, 3.05) is 26.2 Å². The normalized spacial score (nSPS) is 20.0. The fraction of sp³-hybridized carbons (Fsp3) is 0.591. The Morgan fingerprint density at radius 3 is 2.71 bits per heavy atom. The van der Waals surface area contributed by atoms with Gasteiger partial charge in [0.25, 0.3) is 0 Å². The Morgan fingerprint density at radius 2 is 2.04 bits per heavy atom. The highest BCUT2D eigenvalue weighted by atomic mass is 16.2. The first-order valence-electron chi connectivity index (χ1n) is 10.6. The Hall–Kier alpha value is -2.21. The summed E-state index contributed by atoms with van der Waals surface area (Å²) in [5.74, 6) is 0.313. The molecule has 2 aliphatic heterocycles. The van der Waals surface area contributed by atoms with Crippen LogP contribution in [-0.2, 0) is 24.2 Å². The minimum absolute atomic E-state index is 0.303. The minimum atomic E-state index is 0.303. The number of aryl methyl sites for hydroxylation is 1. The van der Waals surface area contributed by atoms with Crippen molar-refractivity contribution in [3.63, 3.8) is 0 Å². The van der Waals surface area contributed by atoms with Crippen LogP contribution in [0.15, 0.2) is 30.9 Å². The lowest BCUT2D eigenvalue weighted by Gasteiger charge is -2.47. The largest absolute Gasteiger partial charge is 0.348 e. The number of nitrogens with zero attached hydrogens (tertiary/aromatic N) is 4. The first-order valence-corrected chi connectivity index (χ1v) is 10.6. The SMILES string of the molecule is CCc1ccc(CN2CCC3(CCC(=O)N(CCc4cnc[nH]4)C3)CC2)nc1. The number of nitrogens with one attached hydrogen (secondary N) is 1. The Kier molecular flexibility index (Phi) is 5.76. The molecule has 2 saturated heterocycles. The van der Waals surface area contributed by atoms with E-state index in [0.717, 1.165) is 63.4 Å². The zero-order chi connectivity index (χ0) is 19.4. The molecule has 0 saturated carbocycles. The maximum Gasteiger partial charge on any atom is 0.222 e. The van der Waals surface area contributed by atoms with Crippen LogP contribution in [-0.4, -0.2) is 56.8 Å². The molecule has 1 N–H and O–H groups in total. The summed E-state index contributed by atoms with van der Waals surface area (Å²) >= 11 is 0. The molecule has 4 heterocycles. The second kappa shape index (κ2) is 8.43. The number of imidazole rings is 1. The lowest BCUT2D eigenvalue weighted by Crippen LogP contribution is -2.51. The highest BCUT2D eigenvalue weighted by Crippen LogP contribution is 2.40. The van der Waals surface area contributed by atoms with Gasteiger partial charge in [0, 0.05) is 50.6 Å². The van der Waals surface area contributed by atoms with Crippen molar-refractivity contribution in [1.29, 1.82) is 0 Å². The van der Waals surface area contributed by atoms with Gasteiger partial charge in [-0.3, -0.25) is 14.7 Å². The number of likely N-dealkylation sites (tertiary alicyclic amines) is 2. The van der Waals surface area contributed by atoms with E-state index in [2.05, 4.69) is 43.8 Å². The monoisotopic (exact) mass is 381 g/mol. The molecule has 0 aromatic carbocycles. The van der Waals surface area contributed by atoms with Crippen LogP contribution in [0, 0.1) is 5.41 Å². The van der Waals surface area contributed by atoms with Crippen molar-refractivity contribution in [3.8, 4) is 0 Å². The summed E-state index contributed by atoms with van der Waals surface area (Å²) in [6.07, 6.45) is 11.5. The van der Waals surface area contributed by atoms with Gasteiger partial charge in [-0.25, -0.2) is 4.98 Å². The summed E-state index contributed by atoms with van der Waals surface area (Å²) in [5.41, 5.74) is 3.86. The molecule has 0 bridgehead atoms. The summed E-state index contributed by atoms with van der Waals surface area (Å²) < 4.78 is 0. The van der Waals surface area contributed by atoms with Crippen LogP contribution in [0.4, 0.5) is 0 Å². The lowest BCUT2D eigenvalue weighted by molar-refractivity contribution is -0.139. The number of rotatable bonds is 6. The molecule has 2 fully saturated rings. The van der Waals surface area contributed by atoms with Crippen LogP contribution in [0.25, 0.3) is 0 Å². The summed E-state index contributed by atoms with van der Waals surface area (Å²) in [5, 5.41) is 0. The van der Waals surface area contributed by atoms with E-state index >= 15 is 0 Å². The van der Waals surface area contributed by atoms with Crippen LogP contribution >= 0.6 is 0 Å². The smallest absolute Gasteiger partial charge is 0.222 e. The maximum absolute atomic E-state index is 12.4. The van der Waals surface area contributed by atoms with Gasteiger partial charge in [0.2, 0.25) is 5.91 Å². The first-order chi connectivity index (χ1) is 13.7. The summed E-state index contributed by atoms with van der Waals surface area (Å²) in [7, 11) is 0. The van der Waals surface area contributed by atoms with Crippen molar-refractivity contribution in [2.24, 2.45) is 5.41 Å². The standard InChI is InChI=1S/C22H31N5O/c1-2-18-3-4-20(24-13-18)15-26-11-8-22(9-12-26)7-5-21(28)27(16-22)10-6-19-14-23-17-25-19/h3-4,13-14,17H,2,5-12,15-16H2,1H3,(H,23,25). The van der Waals surface area contributed by atoms with Crippen molar-refractivity contribution in [1.82, 2.24) is 24.8 Å². The van der Waals surface area contributed by atoms with E-state index in [0.29, 0.717) is 17.7 Å². The molecule has 6 nitrogen and oxygen atoms in total. The molecule has 4 rings (SSSR count). The summed E-state index contributed by atoms with van der Waals surface area (Å²) in [4.78, 5) is 28.8. The Morgan fingerprint density at radius 1 is 1.18 bits per heavy atom. The van der Waals surface area contributed by atoms with Gasteiger partial charge in [-0.15, -0.1) is 0 Å². The number of hydrogen-bond acceptors (Lipinski definition) is 4. The molecular weight excluding hydrogens is 350 g/mol. The molecule has 1 spiro atoms. The second-order valence-electron chi connectivity index (χ2n) is 8.43. The maximum atomic E-state index is 12.4. The van der Waals surface area contributed by atoms with Gasteiger partial charge in [0.05, 0.1) is 12.0 Å². The molecular formula is C22H31N5O. The van der Waals surface area contributed by atoms with Gasteiger partial charge < -0.3 is 9.88 Å². The van der Waals surface area contributed by atoms with Crippen molar-refractivity contribution in [3.05, 3.63) is 47.8 Å². The molecule has 2 aromatic rings. The average molecular weight is 382 g/mol. The van der Waals surface area contributed by atoms with E-state index in [9.17, 15) is 4.79 Å². The zero-order valence-corrected chi connectivity index (χ0v) is 16.9. The Labute approximate surface area is 167 Å². The van der Waals surface area contributed by atoms with Gasteiger partial charge in [-0.05, 0) is 55.8 Å². The third kappa shape index (κ3) is 4.43. The van der Waals surface area contributed by atoms with Crippen molar-refractivity contribution in [2.45, 2.75) is 52.0 Å². The van der Waals surface area contributed by atoms with Crippen LogP contribution in [0.1, 0.15) is 49.6 Å². The number of aromatic nitrogens is 3. The van der Waals surface area contributed by atoms with E-state index in [4.69, 9.17) is 0 Å². The van der Waals surface area contributed by atoms with Crippen molar-refractivity contribution < 1.29 is 4.79 Å². The Balaban J connectivity index is 1.30. The molecule has 0 radical (unpaired) electrons. The van der Waals surface area contributed by atoms with Gasteiger partial charge in [-0.2, -0.15) is 0 Å². The molecule has 0 unspecified atom stereocenters. The van der Waals surface area contributed by atoms with Gasteiger partial charge in [0.15, 0.2) is 0 Å². The van der Waals surface area contributed by atoms with E-state index < -0.39 is 0 Å². The molecule has 2 aromatic heterocycles. The highest BCUT2D eigenvalue weighted by Gasteiger charge is 2.40. The third-order valence-corrected chi connectivity index (χ3v) is 6.55. The van der Waals surface area contributed by atoms with Crippen LogP contribution in [0.2, 0.25) is 0 Å². The summed E-state index contributed by atoms with van der Waals surface area (Å²) in [6, 6.07) is 4.36. The highest BCUT2D eigenvalue weighted by molar-refractivity contribution is 5.77. The molecule has 6 heteroatoms. The van der Waals surface area contributed by atoms with E-state index in [1.807, 2.05) is 12.4 Å². The number of carbonyl (C=O) groups is 1. The van der Waals surface area contributed by atoms with Gasteiger partial charge >= 0.3 is 0 Å². The number of aromatic amines is 1. The van der Waals surface area contributed by atoms with Crippen molar-refractivity contribution >= 4 is 5.91 Å². The second-order valence-corrected chi connectivity index (χ2v) is 8.43. The lowest BCUT2D eigenvalue weighted by atomic mass is 9.72. The number of hydrogen-bond donors (Lipinski definition) is 1. The number of amides is 1. The van der Waals surface area contributed by atoms with Gasteiger partial charge in [0.1, 0.15) is 0 Å². The van der Waals surface area contributed by atoms with Crippen LogP contribution < -0.4 is 0 Å². The third-order valence-electron chi connectivity index (χ3n) is 6.55. The van der Waals surface area contributed by atoms with E-state index in [-0.39, 0.29) is 0 Å². The molecule has 0 atom stereocenters. The number of carbonyl (C=O) groups excluding carboxylic acids is 1. The number of pyridine rings is 1. The predicted molar refractivity (Wildman–Crippen MR) is 109 cm³/mol. The molecule has 1 amide bonds. The zero-order valence-electron chi connectivity index (χ0n) is 16.9. The van der Waals surface area contributed by atoms with Crippen LogP contribution in [0.3, 0.4) is 0 Å². The average Bonchev–Trinajstić information content (AvgIpc) is 3.25. The van der Waals surface area contributed by atoms with Gasteiger partial charge in [-0.1, -0.05) is 13.0 Å². The quantitative estimate of drug-likeness (QED) is 0.836. The van der Waals surface area contributed by atoms with E-state index in [1.54, 1.807) is 6.33 Å². The minimum Gasteiger partial charge on any atom is -0.348 e. The fourth-order valence-electron chi connectivity index (χ4n) is 4.56. The molecule has 150 valence electrons. The molecule has 2 aliphatic rings. The topological polar surface area (TPSA) is 65.1 Å². The predicted octanol–water partition coefficient (Wildman–Crippen LogP) is 2.81. The summed E-state index contributed by atoms with van der Waals surface area (Å²) in [6.45, 7) is 6.99. The van der Waals surface area contributed by atoms with Crippen LogP contribution in [0.5, 0.6) is 0 Å². The fourth-order valence-corrected chi connectivity index (χ4v) is 4.56.